The first-order valence-corrected chi connectivity index (χ1v) is 14.4. The predicted octanol–water partition coefficient (Wildman–Crippen LogP) is 2.76. The SMILES string of the molecule is C#CCOc1c(/C=c2/sc3n(c2=O)[C@@H](c2cccc(OC)c2OCC)C(C(=O)OCCOC)=C(C)N=3)cc([N+](=O)[O-])cc1OC. The Bertz CT molecular complexity index is 1870. The number of esters is 1. The number of hydrogen-bond acceptors (Lipinski definition) is 12. The van der Waals surface area contributed by atoms with Gasteiger partial charge in [0.1, 0.15) is 19.3 Å². The zero-order valence-corrected chi connectivity index (χ0v) is 26.1. The number of aromatic nitrogens is 1. The van der Waals surface area contributed by atoms with E-state index < -0.39 is 22.5 Å². The molecule has 0 bridgehead atoms. The molecule has 1 aromatic heterocycles. The van der Waals surface area contributed by atoms with Crippen LogP contribution in [0.2, 0.25) is 0 Å². The Hall–Kier alpha value is -5.13. The summed E-state index contributed by atoms with van der Waals surface area (Å²) in [6.07, 6.45) is 6.82. The molecule has 0 saturated heterocycles. The molecule has 1 aliphatic rings. The fraction of sp³-hybridized carbons (Fsp3) is 0.323. The molecule has 1 aliphatic heterocycles. The standard InChI is InChI=1S/C31H31N3O10S/c1-7-12-43-27-19(15-20(34(37)38)17-23(27)41-6)16-24-29(35)33-26(21-10-9-11-22(40-5)28(21)42-8-2)25(18(3)32-31(33)45-24)30(36)44-14-13-39-4/h1,9-11,15-17,26H,8,12-14H2,2-6H3/b24-16+/t26-/m0/s1. The molecule has 0 unspecified atom stereocenters. The highest BCUT2D eigenvalue weighted by Crippen LogP contribution is 2.41. The number of allylic oxidation sites excluding steroid dienone is 1. The number of carbonyl (C=O) groups excluding carboxylic acids is 1. The molecule has 14 heteroatoms. The number of para-hydroxylation sites is 1. The number of nitrogens with zero attached hydrogens (tertiary/aromatic N) is 3. The number of hydrogen-bond donors (Lipinski definition) is 0. The van der Waals surface area contributed by atoms with Gasteiger partial charge < -0.3 is 28.4 Å². The van der Waals surface area contributed by atoms with Gasteiger partial charge in [0.05, 0.1) is 54.2 Å². The quantitative estimate of drug-likeness (QED) is 0.0900. The van der Waals surface area contributed by atoms with Crippen molar-refractivity contribution in [3.8, 4) is 35.3 Å². The number of non-ortho nitro benzene ring substituents is 1. The van der Waals surface area contributed by atoms with Crippen molar-refractivity contribution in [2.45, 2.75) is 19.9 Å². The molecule has 0 radical (unpaired) electrons. The molecular formula is C31H31N3O10S. The molecule has 0 spiro atoms. The molecule has 236 valence electrons. The van der Waals surface area contributed by atoms with E-state index in [2.05, 4.69) is 10.9 Å². The van der Waals surface area contributed by atoms with Crippen molar-refractivity contribution in [1.29, 1.82) is 0 Å². The Morgan fingerprint density at radius 3 is 2.56 bits per heavy atom. The minimum atomic E-state index is -1.02. The Kier molecular flexibility index (Phi) is 10.6. The minimum absolute atomic E-state index is 0.0191. The summed E-state index contributed by atoms with van der Waals surface area (Å²) >= 11 is 1.03. The van der Waals surface area contributed by atoms with Gasteiger partial charge in [-0.2, -0.15) is 0 Å². The fourth-order valence-corrected chi connectivity index (χ4v) is 5.80. The van der Waals surface area contributed by atoms with Crippen LogP contribution >= 0.6 is 11.3 Å². The number of rotatable bonds is 13. The molecule has 2 aromatic carbocycles. The van der Waals surface area contributed by atoms with Crippen molar-refractivity contribution in [2.75, 3.05) is 47.8 Å². The van der Waals surface area contributed by atoms with Gasteiger partial charge in [-0.1, -0.05) is 29.4 Å². The van der Waals surface area contributed by atoms with E-state index in [1.165, 1.54) is 44.1 Å². The molecule has 0 amide bonds. The number of benzene rings is 2. The Balaban J connectivity index is 2.03. The first-order valence-electron chi connectivity index (χ1n) is 13.6. The smallest absolute Gasteiger partial charge is 0.338 e. The second-order valence-corrected chi connectivity index (χ2v) is 10.3. The largest absolute Gasteiger partial charge is 0.493 e. The molecule has 1 atom stereocenters. The van der Waals surface area contributed by atoms with Gasteiger partial charge in [-0.15, -0.1) is 6.42 Å². The van der Waals surface area contributed by atoms with Crippen molar-refractivity contribution in [1.82, 2.24) is 4.57 Å². The van der Waals surface area contributed by atoms with Crippen molar-refractivity contribution >= 4 is 29.1 Å². The first-order chi connectivity index (χ1) is 21.7. The van der Waals surface area contributed by atoms with E-state index in [9.17, 15) is 19.7 Å². The highest BCUT2D eigenvalue weighted by molar-refractivity contribution is 7.07. The molecule has 0 N–H and O–H groups in total. The topological polar surface area (TPSA) is 150 Å². The summed E-state index contributed by atoms with van der Waals surface area (Å²) in [4.78, 5) is 43.7. The van der Waals surface area contributed by atoms with Crippen LogP contribution in [0, 0.1) is 22.5 Å². The molecule has 0 saturated carbocycles. The molecule has 3 aromatic rings. The van der Waals surface area contributed by atoms with E-state index in [-0.39, 0.29) is 64.1 Å². The van der Waals surface area contributed by atoms with Gasteiger partial charge in [0.25, 0.3) is 11.2 Å². The van der Waals surface area contributed by atoms with E-state index in [4.69, 9.17) is 34.8 Å². The lowest BCUT2D eigenvalue weighted by atomic mass is 9.94. The van der Waals surface area contributed by atoms with Gasteiger partial charge in [0.15, 0.2) is 27.8 Å². The van der Waals surface area contributed by atoms with Gasteiger partial charge >= 0.3 is 5.97 Å². The first kappa shape index (κ1) is 32.8. The van der Waals surface area contributed by atoms with Crippen LogP contribution < -0.4 is 33.8 Å². The fourth-order valence-electron chi connectivity index (χ4n) is 4.76. The van der Waals surface area contributed by atoms with Crippen molar-refractivity contribution < 1.29 is 38.1 Å². The lowest BCUT2D eigenvalue weighted by Crippen LogP contribution is -2.40. The lowest BCUT2D eigenvalue weighted by Gasteiger charge is -2.27. The number of terminal acetylenes is 1. The maximum atomic E-state index is 14.2. The van der Waals surface area contributed by atoms with Crippen LogP contribution in [0.15, 0.2) is 51.4 Å². The molecule has 13 nitrogen and oxygen atoms in total. The lowest BCUT2D eigenvalue weighted by molar-refractivity contribution is -0.385. The van der Waals surface area contributed by atoms with Gasteiger partial charge in [-0.05, 0) is 26.0 Å². The van der Waals surface area contributed by atoms with Crippen LogP contribution in [0.4, 0.5) is 5.69 Å². The van der Waals surface area contributed by atoms with Crippen LogP contribution in [0.3, 0.4) is 0 Å². The van der Waals surface area contributed by atoms with Crippen molar-refractivity contribution in [3.05, 3.63) is 82.5 Å². The van der Waals surface area contributed by atoms with Gasteiger partial charge in [0.2, 0.25) is 0 Å². The predicted molar refractivity (Wildman–Crippen MR) is 165 cm³/mol. The van der Waals surface area contributed by atoms with E-state index in [1.807, 2.05) is 0 Å². The van der Waals surface area contributed by atoms with Crippen molar-refractivity contribution in [2.24, 2.45) is 4.99 Å². The highest BCUT2D eigenvalue weighted by atomic mass is 32.1. The third-order valence-corrected chi connectivity index (χ3v) is 7.64. The molecule has 0 fully saturated rings. The molecule has 4 rings (SSSR count). The number of fused-ring (bicyclic) bond motifs is 1. The normalized spacial score (nSPS) is 14.2. The summed E-state index contributed by atoms with van der Waals surface area (Å²) < 4.78 is 34.6. The number of nitro groups is 1. The number of carbonyl (C=O) groups is 1. The van der Waals surface area contributed by atoms with Gasteiger partial charge in [-0.25, -0.2) is 9.79 Å². The average molecular weight is 638 g/mol. The average Bonchev–Trinajstić information content (AvgIpc) is 3.33. The molecule has 2 heterocycles. The van der Waals surface area contributed by atoms with Crippen LogP contribution in [0.1, 0.15) is 31.0 Å². The number of thiazole rings is 1. The third kappa shape index (κ3) is 6.69. The van der Waals surface area contributed by atoms with Gasteiger partial charge in [-0.3, -0.25) is 19.5 Å². The van der Waals surface area contributed by atoms with Crippen LogP contribution in [0.25, 0.3) is 6.08 Å². The Morgan fingerprint density at radius 2 is 1.91 bits per heavy atom. The minimum Gasteiger partial charge on any atom is -0.493 e. The zero-order chi connectivity index (χ0) is 32.7. The Morgan fingerprint density at radius 1 is 1.16 bits per heavy atom. The number of methoxy groups -OCH3 is 3. The molecular weight excluding hydrogens is 606 g/mol. The number of nitro benzene ring substituents is 1. The second kappa shape index (κ2) is 14.6. The highest BCUT2D eigenvalue weighted by Gasteiger charge is 2.36. The summed E-state index contributed by atoms with van der Waals surface area (Å²) in [6, 6.07) is 6.59. The maximum absolute atomic E-state index is 14.2. The summed E-state index contributed by atoms with van der Waals surface area (Å²) in [5.41, 5.74) is 0.282. The van der Waals surface area contributed by atoms with E-state index in [0.29, 0.717) is 22.8 Å². The molecule has 45 heavy (non-hydrogen) atoms. The second-order valence-electron chi connectivity index (χ2n) is 9.34. The summed E-state index contributed by atoms with van der Waals surface area (Å²) in [6.45, 7) is 3.72. The third-order valence-electron chi connectivity index (χ3n) is 6.66. The van der Waals surface area contributed by atoms with E-state index in [1.54, 1.807) is 32.0 Å². The zero-order valence-electron chi connectivity index (χ0n) is 25.3. The molecule has 0 aliphatic carbocycles. The van der Waals surface area contributed by atoms with Crippen molar-refractivity contribution in [3.63, 3.8) is 0 Å². The Labute approximate surface area is 262 Å². The summed E-state index contributed by atoms with van der Waals surface area (Å²) in [5.74, 6) is 2.58. The van der Waals surface area contributed by atoms with E-state index in [0.717, 1.165) is 11.3 Å². The van der Waals surface area contributed by atoms with Crippen LogP contribution in [0.5, 0.6) is 23.0 Å². The van der Waals surface area contributed by atoms with E-state index >= 15 is 0 Å². The summed E-state index contributed by atoms with van der Waals surface area (Å²) in [7, 11) is 4.30. The van der Waals surface area contributed by atoms with Crippen LogP contribution in [-0.4, -0.2) is 63.2 Å². The van der Waals surface area contributed by atoms with Gasteiger partial charge in [0, 0.05) is 24.3 Å². The number of ether oxygens (including phenoxy) is 6. The maximum Gasteiger partial charge on any atom is 0.338 e. The monoisotopic (exact) mass is 637 g/mol. The van der Waals surface area contributed by atoms with Crippen LogP contribution in [-0.2, 0) is 14.3 Å². The summed E-state index contributed by atoms with van der Waals surface area (Å²) in [5, 5.41) is 11.7.